The first kappa shape index (κ1) is 13.6. The summed E-state index contributed by atoms with van der Waals surface area (Å²) in [6, 6.07) is 0. The molecule has 0 saturated carbocycles. The highest BCUT2D eigenvalue weighted by Crippen LogP contribution is 2.09. The van der Waals surface area contributed by atoms with E-state index in [1.807, 2.05) is 40.8 Å². The second kappa shape index (κ2) is 8.12. The average molecular weight is 167 g/mol. The van der Waals surface area contributed by atoms with Gasteiger partial charge in [0, 0.05) is 12.7 Å². The molecule has 0 saturated heterocycles. The van der Waals surface area contributed by atoms with Gasteiger partial charge in [-0.25, -0.2) is 0 Å². The third-order valence-corrected chi connectivity index (χ3v) is 1.65. The first-order valence-electron chi connectivity index (χ1n) is 4.30. The van der Waals surface area contributed by atoms with Crippen molar-refractivity contribution in [3.05, 3.63) is 36.1 Å². The smallest absolute Gasteiger partial charge is 0.0296 e. The highest BCUT2D eigenvalue weighted by molar-refractivity contribution is 5.33. The van der Waals surface area contributed by atoms with Gasteiger partial charge in [-0.1, -0.05) is 33.1 Å². The molecule has 1 nitrogen and oxygen atoms in total. The lowest BCUT2D eigenvalue weighted by Gasteiger charge is -2.06. The molecule has 0 spiro atoms. The van der Waals surface area contributed by atoms with Crippen LogP contribution in [-0.4, -0.2) is 7.05 Å². The van der Waals surface area contributed by atoms with Crippen LogP contribution in [0.4, 0.5) is 0 Å². The predicted octanol–water partition coefficient (Wildman–Crippen LogP) is 3.27. The van der Waals surface area contributed by atoms with Gasteiger partial charge in [-0.15, -0.1) is 0 Å². The van der Waals surface area contributed by atoms with Gasteiger partial charge in [0.25, 0.3) is 0 Å². The van der Waals surface area contributed by atoms with Crippen LogP contribution in [0.2, 0.25) is 0 Å². The SMILES string of the molecule is C=C/C(C)=C(/C)C(=C)NC.CC. The molecule has 0 aliphatic rings. The third kappa shape index (κ3) is 4.78. The molecule has 1 heteroatoms. The molecule has 0 aliphatic carbocycles. The van der Waals surface area contributed by atoms with Gasteiger partial charge in [0.2, 0.25) is 0 Å². The summed E-state index contributed by atoms with van der Waals surface area (Å²) in [4.78, 5) is 0. The summed E-state index contributed by atoms with van der Waals surface area (Å²) in [6.07, 6.45) is 1.83. The Balaban J connectivity index is 0. The van der Waals surface area contributed by atoms with E-state index >= 15 is 0 Å². The van der Waals surface area contributed by atoms with Gasteiger partial charge in [0.05, 0.1) is 0 Å². The molecule has 0 atom stereocenters. The molecular formula is C11H21N. The number of hydrogen-bond donors (Lipinski definition) is 1. The zero-order valence-electron chi connectivity index (χ0n) is 8.99. The Hall–Kier alpha value is -0.980. The normalized spacial score (nSPS) is 10.4. The van der Waals surface area contributed by atoms with Crippen molar-refractivity contribution in [2.75, 3.05) is 7.05 Å². The maximum atomic E-state index is 3.83. The Kier molecular flexibility index (Phi) is 9.20. The van der Waals surface area contributed by atoms with E-state index in [-0.39, 0.29) is 0 Å². The van der Waals surface area contributed by atoms with Crippen LogP contribution in [-0.2, 0) is 0 Å². The fourth-order valence-corrected chi connectivity index (χ4v) is 0.579. The number of allylic oxidation sites excluding steroid dienone is 3. The topological polar surface area (TPSA) is 12.0 Å². The van der Waals surface area contributed by atoms with Crippen molar-refractivity contribution in [1.82, 2.24) is 5.32 Å². The first-order chi connectivity index (χ1) is 5.63. The van der Waals surface area contributed by atoms with Crippen LogP contribution >= 0.6 is 0 Å². The Morgan fingerprint density at radius 3 is 1.92 bits per heavy atom. The van der Waals surface area contributed by atoms with Crippen LogP contribution in [0.1, 0.15) is 27.7 Å². The summed E-state index contributed by atoms with van der Waals surface area (Å²) in [6.45, 7) is 15.5. The van der Waals surface area contributed by atoms with E-state index < -0.39 is 0 Å². The van der Waals surface area contributed by atoms with E-state index in [1.54, 1.807) is 0 Å². The third-order valence-electron chi connectivity index (χ3n) is 1.65. The van der Waals surface area contributed by atoms with E-state index in [9.17, 15) is 0 Å². The number of rotatable bonds is 3. The maximum absolute atomic E-state index is 3.83. The highest BCUT2D eigenvalue weighted by Gasteiger charge is 1.94. The molecule has 0 aromatic heterocycles. The molecule has 0 bridgehead atoms. The molecule has 0 aromatic rings. The van der Waals surface area contributed by atoms with Gasteiger partial charge in [-0.05, 0) is 25.0 Å². The van der Waals surface area contributed by atoms with Crippen LogP contribution in [0.25, 0.3) is 0 Å². The van der Waals surface area contributed by atoms with Gasteiger partial charge in [0.1, 0.15) is 0 Å². The first-order valence-corrected chi connectivity index (χ1v) is 4.30. The lowest BCUT2D eigenvalue weighted by atomic mass is 10.1. The quantitative estimate of drug-likeness (QED) is 0.636. The molecule has 0 aromatic carbocycles. The van der Waals surface area contributed by atoms with Gasteiger partial charge < -0.3 is 5.32 Å². The monoisotopic (exact) mass is 167 g/mol. The summed E-state index contributed by atoms with van der Waals surface area (Å²) in [5, 5.41) is 2.98. The van der Waals surface area contributed by atoms with Crippen LogP contribution in [0.5, 0.6) is 0 Å². The molecule has 0 aliphatic heterocycles. The fraction of sp³-hybridized carbons (Fsp3) is 0.455. The maximum Gasteiger partial charge on any atom is 0.0296 e. The van der Waals surface area contributed by atoms with Crippen molar-refractivity contribution < 1.29 is 0 Å². The second-order valence-electron chi connectivity index (χ2n) is 2.24. The summed E-state index contributed by atoms with van der Waals surface area (Å²) < 4.78 is 0. The standard InChI is InChI=1S/C9H15N.C2H6/c1-6-7(2)8(3)9(4)10-5;1-2/h6,10H,1,4H2,2-3,5H3;1-2H3/b8-7-;. The lowest BCUT2D eigenvalue weighted by molar-refractivity contribution is 0.998. The van der Waals surface area contributed by atoms with Crippen molar-refractivity contribution >= 4 is 0 Å². The predicted molar refractivity (Wildman–Crippen MR) is 58.1 cm³/mol. The van der Waals surface area contributed by atoms with Crippen molar-refractivity contribution in [1.29, 1.82) is 0 Å². The van der Waals surface area contributed by atoms with E-state index in [0.717, 1.165) is 11.3 Å². The number of hydrogen-bond acceptors (Lipinski definition) is 1. The van der Waals surface area contributed by atoms with E-state index in [4.69, 9.17) is 0 Å². The molecule has 70 valence electrons. The Morgan fingerprint density at radius 2 is 1.67 bits per heavy atom. The summed E-state index contributed by atoms with van der Waals surface area (Å²) in [5.74, 6) is 0. The Labute approximate surface area is 76.9 Å². The lowest BCUT2D eigenvalue weighted by Crippen LogP contribution is -2.05. The largest absolute Gasteiger partial charge is 0.388 e. The molecule has 0 heterocycles. The van der Waals surface area contributed by atoms with E-state index in [2.05, 4.69) is 18.5 Å². The van der Waals surface area contributed by atoms with Crippen LogP contribution in [0.3, 0.4) is 0 Å². The molecule has 0 radical (unpaired) electrons. The van der Waals surface area contributed by atoms with Gasteiger partial charge in [-0.3, -0.25) is 0 Å². The van der Waals surface area contributed by atoms with Gasteiger partial charge >= 0.3 is 0 Å². The average Bonchev–Trinajstić information content (AvgIpc) is 2.17. The Morgan fingerprint density at radius 1 is 1.25 bits per heavy atom. The molecule has 0 fully saturated rings. The van der Waals surface area contributed by atoms with Crippen molar-refractivity contribution in [2.24, 2.45) is 0 Å². The number of likely N-dealkylation sites (N-methyl/N-ethyl adjacent to an activating group) is 1. The minimum Gasteiger partial charge on any atom is -0.388 e. The molecule has 0 rings (SSSR count). The summed E-state index contributed by atoms with van der Waals surface area (Å²) >= 11 is 0. The zero-order chi connectivity index (χ0) is 10.1. The number of nitrogens with one attached hydrogen (secondary N) is 1. The molecule has 0 amide bonds. The summed E-state index contributed by atoms with van der Waals surface area (Å²) in [5.41, 5.74) is 3.29. The van der Waals surface area contributed by atoms with E-state index in [0.29, 0.717) is 0 Å². The van der Waals surface area contributed by atoms with Crippen LogP contribution in [0.15, 0.2) is 36.1 Å². The van der Waals surface area contributed by atoms with E-state index in [1.165, 1.54) is 5.57 Å². The van der Waals surface area contributed by atoms with Gasteiger partial charge in [-0.2, -0.15) is 0 Å². The molecule has 1 N–H and O–H groups in total. The second-order valence-corrected chi connectivity index (χ2v) is 2.24. The molecular weight excluding hydrogens is 146 g/mol. The molecule has 12 heavy (non-hydrogen) atoms. The highest BCUT2D eigenvalue weighted by atomic mass is 14.8. The minimum atomic E-state index is 0.956. The molecule has 0 unspecified atom stereocenters. The van der Waals surface area contributed by atoms with Crippen molar-refractivity contribution in [3.8, 4) is 0 Å². The fourth-order valence-electron chi connectivity index (χ4n) is 0.579. The van der Waals surface area contributed by atoms with Gasteiger partial charge in [0.15, 0.2) is 0 Å². The minimum absolute atomic E-state index is 0.956. The van der Waals surface area contributed by atoms with Crippen molar-refractivity contribution in [2.45, 2.75) is 27.7 Å². The van der Waals surface area contributed by atoms with Crippen molar-refractivity contribution in [3.63, 3.8) is 0 Å². The van der Waals surface area contributed by atoms with Crippen LogP contribution < -0.4 is 5.32 Å². The zero-order valence-corrected chi connectivity index (χ0v) is 8.99. The summed E-state index contributed by atoms with van der Waals surface area (Å²) in [7, 11) is 1.86. The van der Waals surface area contributed by atoms with Crippen LogP contribution in [0, 0.1) is 0 Å². The Bertz CT molecular complexity index is 175.